The van der Waals surface area contributed by atoms with E-state index in [-0.39, 0.29) is 6.54 Å². The van der Waals surface area contributed by atoms with Crippen molar-refractivity contribution in [1.29, 1.82) is 0 Å². The topological polar surface area (TPSA) is 49.8 Å². The second-order valence-electron chi connectivity index (χ2n) is 6.34. The van der Waals surface area contributed by atoms with Gasteiger partial charge in [-0.05, 0) is 42.6 Å². The third-order valence-corrected chi connectivity index (χ3v) is 4.41. The Hall–Kier alpha value is -2.33. The maximum Gasteiger partial charge on any atom is 0.317 e. The normalized spacial score (nSPS) is 18.2. The van der Waals surface area contributed by atoms with E-state index in [1.54, 1.807) is 0 Å². The quantitative estimate of drug-likeness (QED) is 0.883. The number of hydrogen-bond donors (Lipinski definition) is 1. The molecular formula is C20H23NO3. The molecule has 0 bridgehead atoms. The van der Waals surface area contributed by atoms with Crippen LogP contribution in [0.25, 0.3) is 11.1 Å². The summed E-state index contributed by atoms with van der Waals surface area (Å²) in [5.41, 5.74) is 2.37. The Bertz CT molecular complexity index is 654. The molecule has 2 aromatic carbocycles. The Morgan fingerprint density at radius 3 is 2.50 bits per heavy atom. The fourth-order valence-electron chi connectivity index (χ4n) is 3.21. The highest BCUT2D eigenvalue weighted by atomic mass is 16.5. The first-order valence-electron chi connectivity index (χ1n) is 8.43. The van der Waals surface area contributed by atoms with Crippen LogP contribution in [0.1, 0.15) is 12.8 Å². The summed E-state index contributed by atoms with van der Waals surface area (Å²) in [7, 11) is 0. The fraction of sp³-hybridized carbons (Fsp3) is 0.350. The third-order valence-electron chi connectivity index (χ3n) is 4.41. The molecule has 1 aliphatic heterocycles. The fourth-order valence-corrected chi connectivity index (χ4v) is 3.21. The van der Waals surface area contributed by atoms with Crippen LogP contribution in [0.5, 0.6) is 5.75 Å². The van der Waals surface area contributed by atoms with Crippen LogP contribution in [0.15, 0.2) is 54.6 Å². The standard InChI is InChI=1S/C20H23NO3/c22-20(23)14-21-12-4-5-16(13-21)15-24-19-10-8-18(9-11-19)17-6-2-1-3-7-17/h1-3,6-11,16H,4-5,12-15H2,(H,22,23)/t16-/m1/s1. The molecule has 0 aromatic heterocycles. The number of carboxylic acids is 1. The number of carboxylic acid groups (broad SMARTS) is 1. The van der Waals surface area contributed by atoms with Gasteiger partial charge >= 0.3 is 5.97 Å². The Morgan fingerprint density at radius 1 is 1.08 bits per heavy atom. The van der Waals surface area contributed by atoms with Crippen molar-refractivity contribution in [3.05, 3.63) is 54.6 Å². The zero-order valence-electron chi connectivity index (χ0n) is 13.7. The van der Waals surface area contributed by atoms with Gasteiger partial charge in [0, 0.05) is 12.5 Å². The lowest BCUT2D eigenvalue weighted by Crippen LogP contribution is -2.40. The van der Waals surface area contributed by atoms with E-state index in [9.17, 15) is 4.79 Å². The van der Waals surface area contributed by atoms with E-state index in [2.05, 4.69) is 24.3 Å². The van der Waals surface area contributed by atoms with Gasteiger partial charge in [-0.3, -0.25) is 9.69 Å². The molecule has 0 unspecified atom stereocenters. The highest BCUT2D eigenvalue weighted by molar-refractivity contribution is 5.69. The van der Waals surface area contributed by atoms with Gasteiger partial charge in [0.2, 0.25) is 0 Å². The summed E-state index contributed by atoms with van der Waals surface area (Å²) in [6, 6.07) is 18.4. The number of nitrogens with zero attached hydrogens (tertiary/aromatic N) is 1. The molecule has 24 heavy (non-hydrogen) atoms. The number of hydrogen-bond acceptors (Lipinski definition) is 3. The molecule has 2 aromatic rings. The van der Waals surface area contributed by atoms with Crippen molar-refractivity contribution < 1.29 is 14.6 Å². The number of piperidine rings is 1. The minimum atomic E-state index is -0.756. The van der Waals surface area contributed by atoms with Crippen molar-refractivity contribution >= 4 is 5.97 Å². The van der Waals surface area contributed by atoms with E-state index in [1.807, 2.05) is 35.2 Å². The van der Waals surface area contributed by atoms with Crippen LogP contribution in [0, 0.1) is 5.92 Å². The molecular weight excluding hydrogens is 302 g/mol. The van der Waals surface area contributed by atoms with Crippen molar-refractivity contribution in [2.24, 2.45) is 5.92 Å². The Balaban J connectivity index is 1.52. The second kappa shape index (κ2) is 7.97. The number of rotatable bonds is 6. The molecule has 0 aliphatic carbocycles. The van der Waals surface area contributed by atoms with Crippen LogP contribution >= 0.6 is 0 Å². The molecule has 0 spiro atoms. The molecule has 1 heterocycles. The zero-order chi connectivity index (χ0) is 16.8. The largest absolute Gasteiger partial charge is 0.493 e. The number of carbonyl (C=O) groups is 1. The number of ether oxygens (including phenoxy) is 1. The molecule has 3 rings (SSSR count). The van der Waals surface area contributed by atoms with Gasteiger partial charge in [-0.1, -0.05) is 42.5 Å². The molecule has 1 fully saturated rings. The van der Waals surface area contributed by atoms with Gasteiger partial charge in [-0.15, -0.1) is 0 Å². The summed E-state index contributed by atoms with van der Waals surface area (Å²) in [5.74, 6) is 0.505. The highest BCUT2D eigenvalue weighted by Crippen LogP contribution is 2.23. The molecule has 1 saturated heterocycles. The minimum absolute atomic E-state index is 0.127. The average molecular weight is 325 g/mol. The SMILES string of the molecule is O=C(O)CN1CCC[C@@H](COc2ccc(-c3ccccc3)cc2)C1. The summed E-state index contributed by atoms with van der Waals surface area (Å²) in [5, 5.41) is 8.91. The second-order valence-corrected chi connectivity index (χ2v) is 6.34. The summed E-state index contributed by atoms with van der Waals surface area (Å²) in [6.45, 7) is 2.44. The molecule has 4 heteroatoms. The van der Waals surface area contributed by atoms with E-state index in [4.69, 9.17) is 9.84 Å². The van der Waals surface area contributed by atoms with Gasteiger partial charge in [0.1, 0.15) is 5.75 Å². The zero-order valence-corrected chi connectivity index (χ0v) is 13.7. The van der Waals surface area contributed by atoms with Crippen molar-refractivity contribution in [1.82, 2.24) is 4.90 Å². The monoisotopic (exact) mass is 325 g/mol. The molecule has 1 N–H and O–H groups in total. The molecule has 0 radical (unpaired) electrons. The number of likely N-dealkylation sites (tertiary alicyclic amines) is 1. The lowest BCUT2D eigenvalue weighted by atomic mass is 9.99. The van der Waals surface area contributed by atoms with Crippen LogP contribution in [-0.4, -0.2) is 42.2 Å². The summed E-state index contributed by atoms with van der Waals surface area (Å²) >= 11 is 0. The van der Waals surface area contributed by atoms with E-state index < -0.39 is 5.97 Å². The van der Waals surface area contributed by atoms with E-state index in [1.165, 1.54) is 11.1 Å². The lowest BCUT2D eigenvalue weighted by Gasteiger charge is -2.31. The maximum atomic E-state index is 10.8. The Morgan fingerprint density at radius 2 is 1.79 bits per heavy atom. The highest BCUT2D eigenvalue weighted by Gasteiger charge is 2.21. The Labute approximate surface area is 142 Å². The molecule has 4 nitrogen and oxygen atoms in total. The van der Waals surface area contributed by atoms with Crippen LogP contribution < -0.4 is 4.74 Å². The average Bonchev–Trinajstić information content (AvgIpc) is 2.61. The Kier molecular flexibility index (Phi) is 5.49. The van der Waals surface area contributed by atoms with Crippen molar-refractivity contribution in [2.45, 2.75) is 12.8 Å². The van der Waals surface area contributed by atoms with E-state index in [0.717, 1.165) is 31.7 Å². The summed E-state index contributed by atoms with van der Waals surface area (Å²) in [6.07, 6.45) is 2.13. The molecule has 0 saturated carbocycles. The van der Waals surface area contributed by atoms with Crippen LogP contribution in [-0.2, 0) is 4.79 Å². The molecule has 1 aliphatic rings. The molecule has 0 amide bonds. The van der Waals surface area contributed by atoms with E-state index in [0.29, 0.717) is 12.5 Å². The van der Waals surface area contributed by atoms with Gasteiger partial charge in [0.25, 0.3) is 0 Å². The van der Waals surface area contributed by atoms with Gasteiger partial charge < -0.3 is 9.84 Å². The van der Waals surface area contributed by atoms with Crippen molar-refractivity contribution in [2.75, 3.05) is 26.2 Å². The minimum Gasteiger partial charge on any atom is -0.493 e. The first-order chi connectivity index (χ1) is 11.7. The van der Waals surface area contributed by atoms with Gasteiger partial charge in [-0.25, -0.2) is 0 Å². The van der Waals surface area contributed by atoms with Crippen LogP contribution in [0.4, 0.5) is 0 Å². The summed E-state index contributed by atoms with van der Waals surface area (Å²) in [4.78, 5) is 12.8. The smallest absolute Gasteiger partial charge is 0.317 e. The van der Waals surface area contributed by atoms with Crippen molar-refractivity contribution in [3.8, 4) is 16.9 Å². The lowest BCUT2D eigenvalue weighted by molar-refractivity contribution is -0.138. The predicted octanol–water partition coefficient (Wildman–Crippen LogP) is 3.53. The number of benzene rings is 2. The van der Waals surface area contributed by atoms with Crippen LogP contribution in [0.2, 0.25) is 0 Å². The summed E-state index contributed by atoms with van der Waals surface area (Å²) < 4.78 is 5.92. The first kappa shape index (κ1) is 16.5. The first-order valence-corrected chi connectivity index (χ1v) is 8.43. The van der Waals surface area contributed by atoms with Gasteiger partial charge in [0.05, 0.1) is 13.2 Å². The third kappa shape index (κ3) is 4.59. The van der Waals surface area contributed by atoms with Crippen molar-refractivity contribution in [3.63, 3.8) is 0 Å². The van der Waals surface area contributed by atoms with Crippen LogP contribution in [0.3, 0.4) is 0 Å². The predicted molar refractivity (Wildman–Crippen MR) is 94.2 cm³/mol. The maximum absolute atomic E-state index is 10.8. The molecule has 126 valence electrons. The van der Waals surface area contributed by atoms with Gasteiger partial charge in [-0.2, -0.15) is 0 Å². The molecule has 1 atom stereocenters. The van der Waals surface area contributed by atoms with E-state index >= 15 is 0 Å². The number of aliphatic carboxylic acids is 1. The van der Waals surface area contributed by atoms with Gasteiger partial charge in [0.15, 0.2) is 0 Å².